The van der Waals surface area contributed by atoms with E-state index in [0.717, 1.165) is 16.0 Å². The van der Waals surface area contributed by atoms with Gasteiger partial charge in [-0.3, -0.25) is 0 Å². The van der Waals surface area contributed by atoms with Crippen molar-refractivity contribution < 1.29 is 9.13 Å². The monoisotopic (exact) mass is 352 g/mol. The summed E-state index contributed by atoms with van der Waals surface area (Å²) in [5.41, 5.74) is 1.24. The molecule has 3 aromatic rings. The molecule has 2 aromatic carbocycles. The van der Waals surface area contributed by atoms with E-state index in [0.29, 0.717) is 15.3 Å². The molecule has 3 rings (SSSR count). The molecule has 0 bridgehead atoms. The van der Waals surface area contributed by atoms with Gasteiger partial charge in [0.1, 0.15) is 11.6 Å². The van der Waals surface area contributed by atoms with Crippen LogP contribution in [0.4, 0.5) is 15.2 Å². The summed E-state index contributed by atoms with van der Waals surface area (Å²) in [5, 5.41) is 3.65. The molecule has 3 nitrogen and oxygen atoms in total. The maximum atomic E-state index is 13.8. The van der Waals surface area contributed by atoms with Crippen LogP contribution >= 0.6 is 27.3 Å². The summed E-state index contributed by atoms with van der Waals surface area (Å²) in [7, 11) is 1.62. The van der Waals surface area contributed by atoms with Gasteiger partial charge in [0, 0.05) is 4.47 Å². The quantitative estimate of drug-likeness (QED) is 0.723. The molecule has 0 spiro atoms. The SMILES string of the molecule is COc1ccc2nc(Nc3c(F)cccc3Br)sc2c1. The summed E-state index contributed by atoms with van der Waals surface area (Å²) in [6, 6.07) is 10.5. The Kier molecular flexibility index (Phi) is 3.58. The van der Waals surface area contributed by atoms with Gasteiger partial charge in [0.15, 0.2) is 5.13 Å². The fourth-order valence-electron chi connectivity index (χ4n) is 1.81. The number of para-hydroxylation sites is 1. The zero-order valence-corrected chi connectivity index (χ0v) is 12.9. The van der Waals surface area contributed by atoms with Crippen molar-refractivity contribution in [2.24, 2.45) is 0 Å². The molecule has 6 heteroatoms. The number of ether oxygens (including phenoxy) is 1. The predicted octanol–water partition coefficient (Wildman–Crippen LogP) is 4.95. The number of benzene rings is 2. The minimum Gasteiger partial charge on any atom is -0.497 e. The number of methoxy groups -OCH3 is 1. The lowest BCUT2D eigenvalue weighted by atomic mass is 10.3. The highest BCUT2D eigenvalue weighted by atomic mass is 79.9. The van der Waals surface area contributed by atoms with E-state index in [2.05, 4.69) is 26.2 Å². The van der Waals surface area contributed by atoms with Crippen LogP contribution in [0, 0.1) is 5.82 Å². The molecule has 1 aromatic heterocycles. The first-order valence-corrected chi connectivity index (χ1v) is 7.44. The first-order valence-electron chi connectivity index (χ1n) is 5.83. The van der Waals surface area contributed by atoms with Crippen molar-refractivity contribution in [1.29, 1.82) is 0 Å². The molecular formula is C14H10BrFN2OS. The van der Waals surface area contributed by atoms with E-state index in [9.17, 15) is 4.39 Å². The Morgan fingerprint density at radius 2 is 2.15 bits per heavy atom. The van der Waals surface area contributed by atoms with E-state index >= 15 is 0 Å². The third kappa shape index (κ3) is 2.48. The van der Waals surface area contributed by atoms with Crippen LogP contribution in [-0.2, 0) is 0 Å². The van der Waals surface area contributed by atoms with Crippen molar-refractivity contribution in [3.05, 3.63) is 46.7 Å². The van der Waals surface area contributed by atoms with Crippen molar-refractivity contribution in [2.45, 2.75) is 0 Å². The lowest BCUT2D eigenvalue weighted by Gasteiger charge is -2.05. The molecule has 0 saturated carbocycles. The number of aromatic nitrogens is 1. The number of hydrogen-bond donors (Lipinski definition) is 1. The average Bonchev–Trinajstić information content (AvgIpc) is 2.84. The van der Waals surface area contributed by atoms with Crippen molar-refractivity contribution in [2.75, 3.05) is 12.4 Å². The molecule has 102 valence electrons. The maximum Gasteiger partial charge on any atom is 0.188 e. The molecule has 0 atom stereocenters. The predicted molar refractivity (Wildman–Crippen MR) is 83.6 cm³/mol. The number of halogens is 2. The van der Waals surface area contributed by atoms with Crippen LogP contribution in [0.3, 0.4) is 0 Å². The van der Waals surface area contributed by atoms with Crippen LogP contribution in [0.15, 0.2) is 40.9 Å². The largest absolute Gasteiger partial charge is 0.497 e. The van der Waals surface area contributed by atoms with Gasteiger partial charge in [-0.05, 0) is 46.3 Å². The molecule has 20 heavy (non-hydrogen) atoms. The van der Waals surface area contributed by atoms with Gasteiger partial charge >= 0.3 is 0 Å². The molecule has 0 saturated heterocycles. The van der Waals surface area contributed by atoms with E-state index in [1.54, 1.807) is 19.2 Å². The highest BCUT2D eigenvalue weighted by Crippen LogP contribution is 2.34. The topological polar surface area (TPSA) is 34.1 Å². The second-order valence-electron chi connectivity index (χ2n) is 4.07. The van der Waals surface area contributed by atoms with Crippen molar-refractivity contribution in [3.8, 4) is 5.75 Å². The van der Waals surface area contributed by atoms with E-state index < -0.39 is 0 Å². The summed E-state index contributed by atoms with van der Waals surface area (Å²) in [5.74, 6) is 0.455. The number of nitrogens with one attached hydrogen (secondary N) is 1. The summed E-state index contributed by atoms with van der Waals surface area (Å²) in [4.78, 5) is 4.43. The van der Waals surface area contributed by atoms with Gasteiger partial charge in [-0.1, -0.05) is 17.4 Å². The average molecular weight is 353 g/mol. The third-order valence-corrected chi connectivity index (χ3v) is 4.38. The first kappa shape index (κ1) is 13.3. The van der Waals surface area contributed by atoms with Crippen LogP contribution in [0.2, 0.25) is 0 Å². The Balaban J connectivity index is 1.99. The molecule has 0 radical (unpaired) electrons. The van der Waals surface area contributed by atoms with Crippen molar-refractivity contribution in [3.63, 3.8) is 0 Å². The number of anilines is 2. The Hall–Kier alpha value is -1.66. The summed E-state index contributed by atoms with van der Waals surface area (Å²) in [6.45, 7) is 0. The maximum absolute atomic E-state index is 13.8. The molecule has 0 unspecified atom stereocenters. The minimum atomic E-state index is -0.323. The standard InChI is InChI=1S/C14H10BrFN2OS/c1-19-8-5-6-11-12(7-8)20-14(17-11)18-13-9(15)3-2-4-10(13)16/h2-7H,1H3,(H,17,18). The summed E-state index contributed by atoms with van der Waals surface area (Å²) < 4.78 is 20.6. The first-order chi connectivity index (χ1) is 9.67. The molecule has 0 aliphatic carbocycles. The highest BCUT2D eigenvalue weighted by molar-refractivity contribution is 9.10. The van der Waals surface area contributed by atoms with Crippen LogP contribution in [0.1, 0.15) is 0 Å². The summed E-state index contributed by atoms with van der Waals surface area (Å²) >= 11 is 4.77. The second-order valence-corrected chi connectivity index (χ2v) is 5.96. The van der Waals surface area contributed by atoms with Crippen LogP contribution < -0.4 is 10.1 Å². The fourth-order valence-corrected chi connectivity index (χ4v) is 3.15. The number of fused-ring (bicyclic) bond motifs is 1. The lowest BCUT2D eigenvalue weighted by molar-refractivity contribution is 0.415. The zero-order chi connectivity index (χ0) is 14.1. The molecule has 1 heterocycles. The van der Waals surface area contributed by atoms with Gasteiger partial charge in [-0.2, -0.15) is 0 Å². The smallest absolute Gasteiger partial charge is 0.188 e. The Morgan fingerprint density at radius 3 is 2.90 bits per heavy atom. The van der Waals surface area contributed by atoms with Crippen molar-refractivity contribution in [1.82, 2.24) is 4.98 Å². The minimum absolute atomic E-state index is 0.323. The van der Waals surface area contributed by atoms with Gasteiger partial charge in [0.05, 0.1) is 23.0 Å². The Morgan fingerprint density at radius 1 is 1.30 bits per heavy atom. The van der Waals surface area contributed by atoms with E-state index in [1.807, 2.05) is 18.2 Å². The number of rotatable bonds is 3. The molecule has 0 aliphatic heterocycles. The van der Waals surface area contributed by atoms with Crippen LogP contribution in [0.25, 0.3) is 10.2 Å². The fraction of sp³-hybridized carbons (Fsp3) is 0.0714. The van der Waals surface area contributed by atoms with Gasteiger partial charge in [0.2, 0.25) is 0 Å². The molecule has 1 N–H and O–H groups in total. The van der Waals surface area contributed by atoms with E-state index in [1.165, 1.54) is 17.4 Å². The molecule has 0 aliphatic rings. The Labute approximate surface area is 127 Å². The lowest BCUT2D eigenvalue weighted by Crippen LogP contribution is -1.93. The second kappa shape index (κ2) is 5.38. The molecule has 0 fully saturated rings. The van der Waals surface area contributed by atoms with Gasteiger partial charge < -0.3 is 10.1 Å². The van der Waals surface area contributed by atoms with Gasteiger partial charge in [-0.25, -0.2) is 9.37 Å². The molecular weight excluding hydrogens is 343 g/mol. The molecule has 0 amide bonds. The van der Waals surface area contributed by atoms with E-state index in [4.69, 9.17) is 4.74 Å². The van der Waals surface area contributed by atoms with Crippen LogP contribution in [-0.4, -0.2) is 12.1 Å². The number of hydrogen-bond acceptors (Lipinski definition) is 4. The third-order valence-electron chi connectivity index (χ3n) is 2.79. The summed E-state index contributed by atoms with van der Waals surface area (Å²) in [6.07, 6.45) is 0. The Bertz CT molecular complexity index is 755. The normalized spacial score (nSPS) is 10.8. The van der Waals surface area contributed by atoms with Gasteiger partial charge in [0.25, 0.3) is 0 Å². The van der Waals surface area contributed by atoms with Gasteiger partial charge in [-0.15, -0.1) is 0 Å². The highest BCUT2D eigenvalue weighted by Gasteiger charge is 2.10. The number of thiazole rings is 1. The van der Waals surface area contributed by atoms with E-state index in [-0.39, 0.29) is 5.82 Å². The zero-order valence-electron chi connectivity index (χ0n) is 10.5. The van der Waals surface area contributed by atoms with Crippen molar-refractivity contribution >= 4 is 48.3 Å². The van der Waals surface area contributed by atoms with Crippen LogP contribution in [0.5, 0.6) is 5.75 Å². The number of nitrogens with zero attached hydrogens (tertiary/aromatic N) is 1.